The van der Waals surface area contributed by atoms with Crippen LogP contribution in [-0.2, 0) is 11.3 Å². The molecule has 2 aromatic rings. The second kappa shape index (κ2) is 5.44. The van der Waals surface area contributed by atoms with Crippen LogP contribution in [0.15, 0.2) is 31.1 Å². The molecule has 0 saturated carbocycles. The first-order valence-corrected chi connectivity index (χ1v) is 6.87. The molecule has 1 fully saturated rings. The van der Waals surface area contributed by atoms with Gasteiger partial charge in [-0.05, 0) is 25.8 Å². The summed E-state index contributed by atoms with van der Waals surface area (Å²) in [4.78, 5) is 18.4. The Morgan fingerprint density at radius 3 is 3.05 bits per heavy atom. The van der Waals surface area contributed by atoms with Gasteiger partial charge in [0.05, 0.1) is 12.6 Å². The van der Waals surface area contributed by atoms with Crippen LogP contribution in [0.25, 0.3) is 0 Å². The minimum Gasteiger partial charge on any atom is -0.336 e. The van der Waals surface area contributed by atoms with Gasteiger partial charge in [0, 0.05) is 18.9 Å². The number of amides is 1. The van der Waals surface area contributed by atoms with Crippen LogP contribution >= 0.6 is 0 Å². The molecule has 3 rings (SSSR count). The fraction of sp³-hybridized carbons (Fsp3) is 0.538. The van der Waals surface area contributed by atoms with E-state index in [0.717, 1.165) is 25.9 Å². The van der Waals surface area contributed by atoms with Gasteiger partial charge in [0.1, 0.15) is 18.7 Å². The van der Waals surface area contributed by atoms with E-state index in [2.05, 4.69) is 15.2 Å². The highest BCUT2D eigenvalue weighted by atomic mass is 16.2. The zero-order valence-electron chi connectivity index (χ0n) is 11.5. The molecule has 0 spiro atoms. The largest absolute Gasteiger partial charge is 0.336 e. The van der Waals surface area contributed by atoms with Crippen molar-refractivity contribution < 1.29 is 4.79 Å². The Kier molecular flexibility index (Phi) is 3.49. The minimum absolute atomic E-state index is 0.102. The van der Waals surface area contributed by atoms with Gasteiger partial charge in [0.25, 0.3) is 0 Å². The predicted molar refractivity (Wildman–Crippen MR) is 71.7 cm³/mol. The molecular formula is C13H18N6O. The van der Waals surface area contributed by atoms with E-state index >= 15 is 0 Å². The standard InChI is InChI=1S/C13H18N6O/c1-11(19-10-14-9-16-19)13(20)18-7-2-4-12(18)8-17-6-3-5-15-17/h3,5-6,9-12H,2,4,7-8H2,1H3/t11-,12+/m1/s1. The second-order valence-electron chi connectivity index (χ2n) is 5.11. The van der Waals surface area contributed by atoms with Crippen LogP contribution in [0.4, 0.5) is 0 Å². The van der Waals surface area contributed by atoms with Crippen molar-refractivity contribution in [3.63, 3.8) is 0 Å². The highest BCUT2D eigenvalue weighted by Crippen LogP contribution is 2.22. The van der Waals surface area contributed by atoms with E-state index in [1.165, 1.54) is 6.33 Å². The van der Waals surface area contributed by atoms with Gasteiger partial charge in [0.2, 0.25) is 5.91 Å². The van der Waals surface area contributed by atoms with Crippen molar-refractivity contribution in [2.75, 3.05) is 6.54 Å². The number of carbonyl (C=O) groups excluding carboxylic acids is 1. The Labute approximate surface area is 117 Å². The Morgan fingerprint density at radius 2 is 2.35 bits per heavy atom. The zero-order chi connectivity index (χ0) is 13.9. The fourth-order valence-corrected chi connectivity index (χ4v) is 2.71. The van der Waals surface area contributed by atoms with E-state index in [0.29, 0.717) is 0 Å². The van der Waals surface area contributed by atoms with Crippen molar-refractivity contribution in [3.8, 4) is 0 Å². The maximum atomic E-state index is 12.6. The van der Waals surface area contributed by atoms with Gasteiger partial charge in [-0.15, -0.1) is 0 Å². The molecule has 106 valence electrons. The Morgan fingerprint density at radius 1 is 1.45 bits per heavy atom. The molecule has 1 saturated heterocycles. The summed E-state index contributed by atoms with van der Waals surface area (Å²) in [5.74, 6) is 0.102. The molecule has 0 radical (unpaired) electrons. The molecule has 0 aromatic carbocycles. The van der Waals surface area contributed by atoms with Crippen LogP contribution in [0, 0.1) is 0 Å². The Balaban J connectivity index is 1.70. The summed E-state index contributed by atoms with van der Waals surface area (Å²) in [6.45, 7) is 3.42. The van der Waals surface area contributed by atoms with E-state index in [1.807, 2.05) is 28.8 Å². The minimum atomic E-state index is -0.310. The number of likely N-dealkylation sites (tertiary alicyclic amines) is 1. The molecule has 3 heterocycles. The van der Waals surface area contributed by atoms with E-state index in [9.17, 15) is 4.79 Å². The highest BCUT2D eigenvalue weighted by molar-refractivity contribution is 5.80. The Hall–Kier alpha value is -2.18. The van der Waals surface area contributed by atoms with Crippen molar-refractivity contribution in [2.45, 2.75) is 38.4 Å². The van der Waals surface area contributed by atoms with Gasteiger partial charge >= 0.3 is 0 Å². The van der Waals surface area contributed by atoms with Crippen molar-refractivity contribution in [1.82, 2.24) is 29.4 Å². The molecule has 7 nitrogen and oxygen atoms in total. The maximum Gasteiger partial charge on any atom is 0.247 e. The molecule has 2 atom stereocenters. The second-order valence-corrected chi connectivity index (χ2v) is 5.11. The van der Waals surface area contributed by atoms with E-state index < -0.39 is 0 Å². The predicted octanol–water partition coefficient (Wildman–Crippen LogP) is 0.727. The first-order chi connectivity index (χ1) is 9.75. The molecular weight excluding hydrogens is 256 g/mol. The lowest BCUT2D eigenvalue weighted by Gasteiger charge is -2.27. The number of carbonyl (C=O) groups is 1. The molecule has 1 aliphatic heterocycles. The van der Waals surface area contributed by atoms with Crippen LogP contribution in [0.2, 0.25) is 0 Å². The average Bonchev–Trinajstić information content (AvgIpc) is 3.20. The quantitative estimate of drug-likeness (QED) is 0.824. The highest BCUT2D eigenvalue weighted by Gasteiger charge is 2.32. The summed E-state index contributed by atoms with van der Waals surface area (Å²) < 4.78 is 3.49. The molecule has 7 heteroatoms. The van der Waals surface area contributed by atoms with Crippen molar-refractivity contribution >= 4 is 5.91 Å². The third-order valence-corrected chi connectivity index (χ3v) is 3.81. The smallest absolute Gasteiger partial charge is 0.247 e. The first kappa shape index (κ1) is 12.8. The molecule has 20 heavy (non-hydrogen) atoms. The topological polar surface area (TPSA) is 68.8 Å². The van der Waals surface area contributed by atoms with E-state index in [4.69, 9.17) is 0 Å². The van der Waals surface area contributed by atoms with E-state index in [-0.39, 0.29) is 18.0 Å². The van der Waals surface area contributed by atoms with Crippen LogP contribution in [-0.4, -0.2) is 47.9 Å². The monoisotopic (exact) mass is 274 g/mol. The van der Waals surface area contributed by atoms with Gasteiger partial charge in [-0.2, -0.15) is 10.2 Å². The van der Waals surface area contributed by atoms with E-state index in [1.54, 1.807) is 17.2 Å². The van der Waals surface area contributed by atoms with Gasteiger partial charge in [0.15, 0.2) is 0 Å². The summed E-state index contributed by atoms with van der Waals surface area (Å²) >= 11 is 0. The first-order valence-electron chi connectivity index (χ1n) is 6.87. The summed E-state index contributed by atoms with van der Waals surface area (Å²) in [6.07, 6.45) is 8.80. The van der Waals surface area contributed by atoms with Crippen LogP contribution < -0.4 is 0 Å². The number of aromatic nitrogens is 5. The third kappa shape index (κ3) is 2.43. The molecule has 0 bridgehead atoms. The maximum absolute atomic E-state index is 12.6. The van der Waals surface area contributed by atoms with Crippen molar-refractivity contribution in [1.29, 1.82) is 0 Å². The molecule has 2 aromatic heterocycles. The molecule has 1 amide bonds. The lowest BCUT2D eigenvalue weighted by Crippen LogP contribution is -2.41. The summed E-state index contributed by atoms with van der Waals surface area (Å²) in [5, 5.41) is 8.27. The lowest BCUT2D eigenvalue weighted by molar-refractivity contribution is -0.135. The fourth-order valence-electron chi connectivity index (χ4n) is 2.71. The third-order valence-electron chi connectivity index (χ3n) is 3.81. The molecule has 1 aliphatic rings. The number of hydrogen-bond acceptors (Lipinski definition) is 4. The average molecular weight is 274 g/mol. The van der Waals surface area contributed by atoms with Crippen LogP contribution in [0.3, 0.4) is 0 Å². The Bertz CT molecular complexity index is 549. The summed E-state index contributed by atoms with van der Waals surface area (Å²) in [7, 11) is 0. The number of hydrogen-bond donors (Lipinski definition) is 0. The van der Waals surface area contributed by atoms with Crippen molar-refractivity contribution in [2.24, 2.45) is 0 Å². The van der Waals surface area contributed by atoms with Gasteiger partial charge < -0.3 is 4.90 Å². The summed E-state index contributed by atoms with van der Waals surface area (Å²) in [6, 6.07) is 1.81. The normalized spacial score (nSPS) is 20.2. The molecule has 0 N–H and O–H groups in total. The summed E-state index contributed by atoms with van der Waals surface area (Å²) in [5.41, 5.74) is 0. The van der Waals surface area contributed by atoms with Gasteiger partial charge in [-0.25, -0.2) is 9.67 Å². The molecule has 0 unspecified atom stereocenters. The van der Waals surface area contributed by atoms with Gasteiger partial charge in [-0.3, -0.25) is 9.48 Å². The lowest BCUT2D eigenvalue weighted by atomic mass is 10.2. The molecule has 0 aliphatic carbocycles. The van der Waals surface area contributed by atoms with Crippen LogP contribution in [0.1, 0.15) is 25.8 Å². The SMILES string of the molecule is C[C@H](C(=O)N1CCC[C@H]1Cn1cccn1)n1cncn1. The number of rotatable bonds is 4. The number of nitrogens with zero attached hydrogens (tertiary/aromatic N) is 6. The van der Waals surface area contributed by atoms with Gasteiger partial charge in [-0.1, -0.05) is 0 Å². The zero-order valence-corrected chi connectivity index (χ0v) is 11.5. The van der Waals surface area contributed by atoms with Crippen LogP contribution in [0.5, 0.6) is 0 Å². The van der Waals surface area contributed by atoms with Crippen molar-refractivity contribution in [3.05, 3.63) is 31.1 Å².